The number of rotatable bonds is 10. The molecule has 1 aromatic heterocycles. The maximum atomic E-state index is 6.35. The lowest BCUT2D eigenvalue weighted by atomic mass is 10.1. The number of ether oxygens (including phenoxy) is 1. The highest BCUT2D eigenvalue weighted by Crippen LogP contribution is 2.16. The van der Waals surface area contributed by atoms with Crippen LogP contribution >= 0.6 is 11.6 Å². The van der Waals surface area contributed by atoms with Crippen LogP contribution < -0.4 is 4.74 Å². The van der Waals surface area contributed by atoms with Gasteiger partial charge in [-0.15, -0.1) is 11.6 Å². The fourth-order valence-electron chi connectivity index (χ4n) is 2.08. The number of alkyl halides is 1. The van der Waals surface area contributed by atoms with E-state index in [1.54, 1.807) is 7.11 Å². The van der Waals surface area contributed by atoms with Gasteiger partial charge in [-0.3, -0.25) is 0 Å². The number of nitrogens with zero attached hydrogens (tertiary/aromatic N) is 2. The molecule has 0 amide bonds. The van der Waals surface area contributed by atoms with Crippen LogP contribution in [0.25, 0.3) is 0 Å². The first-order chi connectivity index (χ1) is 9.26. The molecule has 0 N–H and O–H groups in total. The van der Waals surface area contributed by atoms with Crippen LogP contribution in [-0.4, -0.2) is 22.5 Å². The molecule has 0 fully saturated rings. The van der Waals surface area contributed by atoms with E-state index in [2.05, 4.69) is 16.9 Å². The Balaban J connectivity index is 2.17. The first-order valence-electron chi connectivity index (χ1n) is 7.25. The zero-order valence-electron chi connectivity index (χ0n) is 12.1. The smallest absolute Gasteiger partial charge is 0.216 e. The van der Waals surface area contributed by atoms with E-state index in [-0.39, 0.29) is 5.38 Å². The second-order valence-corrected chi connectivity index (χ2v) is 5.53. The number of hydrogen-bond acceptors (Lipinski definition) is 3. The molecule has 0 aliphatic carbocycles. The Morgan fingerprint density at radius 3 is 2.63 bits per heavy atom. The third-order valence-electron chi connectivity index (χ3n) is 3.21. The topological polar surface area (TPSA) is 35.0 Å². The Labute approximate surface area is 121 Å². The van der Waals surface area contributed by atoms with E-state index in [0.29, 0.717) is 5.88 Å². The molecule has 0 bridgehead atoms. The zero-order chi connectivity index (χ0) is 13.9. The Kier molecular flexibility index (Phi) is 8.55. The highest BCUT2D eigenvalue weighted by atomic mass is 35.5. The Morgan fingerprint density at radius 1 is 1.16 bits per heavy atom. The summed E-state index contributed by atoms with van der Waals surface area (Å²) in [5.74, 6) is 0.605. The standard InChI is InChI=1S/C15H25ClN2O/c1-3-4-5-6-7-8-9-13(16)10-14-11-15(19-2)18-12-17-14/h11-13H,3-10H2,1-2H3. The summed E-state index contributed by atoms with van der Waals surface area (Å²) in [6, 6.07) is 1.86. The third kappa shape index (κ3) is 7.36. The highest BCUT2D eigenvalue weighted by Gasteiger charge is 2.08. The predicted molar refractivity (Wildman–Crippen MR) is 79.9 cm³/mol. The van der Waals surface area contributed by atoms with Gasteiger partial charge in [-0.25, -0.2) is 9.97 Å². The normalized spacial score (nSPS) is 12.4. The van der Waals surface area contributed by atoms with E-state index in [9.17, 15) is 0 Å². The summed E-state index contributed by atoms with van der Waals surface area (Å²) in [4.78, 5) is 8.21. The average Bonchev–Trinajstić information content (AvgIpc) is 2.43. The maximum Gasteiger partial charge on any atom is 0.216 e. The van der Waals surface area contributed by atoms with Crippen molar-refractivity contribution in [3.05, 3.63) is 18.1 Å². The molecule has 108 valence electrons. The fourth-order valence-corrected chi connectivity index (χ4v) is 2.39. The summed E-state index contributed by atoms with van der Waals surface area (Å²) < 4.78 is 5.08. The average molecular weight is 285 g/mol. The molecule has 1 heterocycles. The van der Waals surface area contributed by atoms with Gasteiger partial charge in [-0.05, 0) is 6.42 Å². The van der Waals surface area contributed by atoms with Gasteiger partial charge in [0.2, 0.25) is 5.88 Å². The molecule has 0 aliphatic heterocycles. The molecular weight excluding hydrogens is 260 g/mol. The van der Waals surface area contributed by atoms with Gasteiger partial charge in [0.25, 0.3) is 0 Å². The van der Waals surface area contributed by atoms with E-state index in [4.69, 9.17) is 16.3 Å². The molecular formula is C15H25ClN2O. The van der Waals surface area contributed by atoms with Crippen LogP contribution in [0.2, 0.25) is 0 Å². The Hall–Kier alpha value is -0.830. The van der Waals surface area contributed by atoms with Crippen molar-refractivity contribution in [1.29, 1.82) is 0 Å². The first-order valence-corrected chi connectivity index (χ1v) is 7.69. The molecule has 0 radical (unpaired) electrons. The van der Waals surface area contributed by atoms with Crippen molar-refractivity contribution < 1.29 is 4.74 Å². The summed E-state index contributed by atoms with van der Waals surface area (Å²) in [7, 11) is 1.61. The van der Waals surface area contributed by atoms with Crippen molar-refractivity contribution in [3.63, 3.8) is 0 Å². The van der Waals surface area contributed by atoms with Gasteiger partial charge in [0.15, 0.2) is 0 Å². The van der Waals surface area contributed by atoms with E-state index < -0.39 is 0 Å². The number of unbranched alkanes of at least 4 members (excludes halogenated alkanes) is 5. The number of aromatic nitrogens is 2. The number of halogens is 1. The van der Waals surface area contributed by atoms with Crippen LogP contribution in [0.4, 0.5) is 0 Å². The lowest BCUT2D eigenvalue weighted by Gasteiger charge is -2.09. The Bertz CT molecular complexity index is 347. The molecule has 1 unspecified atom stereocenters. The minimum absolute atomic E-state index is 0.158. The van der Waals surface area contributed by atoms with Gasteiger partial charge in [-0.2, -0.15) is 0 Å². The second kappa shape index (κ2) is 10.0. The van der Waals surface area contributed by atoms with E-state index in [0.717, 1.165) is 18.5 Å². The van der Waals surface area contributed by atoms with Crippen molar-refractivity contribution in [1.82, 2.24) is 9.97 Å². The van der Waals surface area contributed by atoms with Crippen molar-refractivity contribution in [2.24, 2.45) is 0 Å². The molecule has 0 saturated carbocycles. The van der Waals surface area contributed by atoms with E-state index in [1.807, 2.05) is 6.07 Å². The quantitative estimate of drug-likeness (QED) is 0.472. The monoisotopic (exact) mass is 284 g/mol. The number of methoxy groups -OCH3 is 1. The third-order valence-corrected chi connectivity index (χ3v) is 3.58. The molecule has 1 aromatic rings. The summed E-state index contributed by atoms with van der Waals surface area (Å²) in [5.41, 5.74) is 0.956. The molecule has 0 spiro atoms. The molecule has 1 rings (SSSR count). The lowest BCUT2D eigenvalue weighted by Crippen LogP contribution is -2.05. The molecule has 0 saturated heterocycles. The van der Waals surface area contributed by atoms with Crippen LogP contribution in [0.1, 0.15) is 57.6 Å². The molecule has 3 nitrogen and oxygen atoms in total. The summed E-state index contributed by atoms with van der Waals surface area (Å²) in [6.07, 6.45) is 11.2. The van der Waals surface area contributed by atoms with Crippen LogP contribution in [0.5, 0.6) is 5.88 Å². The van der Waals surface area contributed by atoms with E-state index in [1.165, 1.54) is 44.9 Å². The largest absolute Gasteiger partial charge is 0.481 e. The first kappa shape index (κ1) is 16.2. The summed E-state index contributed by atoms with van der Waals surface area (Å²) >= 11 is 6.35. The minimum Gasteiger partial charge on any atom is -0.481 e. The van der Waals surface area contributed by atoms with Gasteiger partial charge in [0.1, 0.15) is 6.33 Å². The van der Waals surface area contributed by atoms with Gasteiger partial charge >= 0.3 is 0 Å². The SMILES string of the molecule is CCCCCCCCC(Cl)Cc1cc(OC)ncn1. The van der Waals surface area contributed by atoms with Crippen LogP contribution in [-0.2, 0) is 6.42 Å². The molecule has 19 heavy (non-hydrogen) atoms. The summed E-state index contributed by atoms with van der Waals surface area (Å²) in [5, 5.41) is 0.158. The molecule has 0 aliphatic rings. The van der Waals surface area contributed by atoms with Crippen LogP contribution in [0, 0.1) is 0 Å². The fraction of sp³-hybridized carbons (Fsp3) is 0.733. The maximum absolute atomic E-state index is 6.35. The van der Waals surface area contributed by atoms with Crippen molar-refractivity contribution in [2.75, 3.05) is 7.11 Å². The molecule has 1 atom stereocenters. The Morgan fingerprint density at radius 2 is 1.89 bits per heavy atom. The predicted octanol–water partition coefficient (Wildman–Crippen LogP) is 4.39. The van der Waals surface area contributed by atoms with Crippen LogP contribution in [0.15, 0.2) is 12.4 Å². The van der Waals surface area contributed by atoms with Crippen LogP contribution in [0.3, 0.4) is 0 Å². The molecule has 4 heteroatoms. The minimum atomic E-state index is 0.158. The number of hydrogen-bond donors (Lipinski definition) is 0. The van der Waals surface area contributed by atoms with Crippen molar-refractivity contribution >= 4 is 11.6 Å². The van der Waals surface area contributed by atoms with E-state index >= 15 is 0 Å². The second-order valence-electron chi connectivity index (χ2n) is 4.91. The highest BCUT2D eigenvalue weighted by molar-refractivity contribution is 6.20. The molecule has 0 aromatic carbocycles. The van der Waals surface area contributed by atoms with Gasteiger partial charge in [-0.1, -0.05) is 45.4 Å². The van der Waals surface area contributed by atoms with Crippen molar-refractivity contribution in [2.45, 2.75) is 63.7 Å². The van der Waals surface area contributed by atoms with Gasteiger partial charge in [0.05, 0.1) is 7.11 Å². The summed E-state index contributed by atoms with van der Waals surface area (Å²) in [6.45, 7) is 2.24. The van der Waals surface area contributed by atoms with Gasteiger partial charge < -0.3 is 4.74 Å². The van der Waals surface area contributed by atoms with Crippen molar-refractivity contribution in [3.8, 4) is 5.88 Å². The lowest BCUT2D eigenvalue weighted by molar-refractivity contribution is 0.395. The zero-order valence-corrected chi connectivity index (χ0v) is 12.8. The van der Waals surface area contributed by atoms with Gasteiger partial charge in [0, 0.05) is 23.6 Å².